The standard InChI is InChI=1S/C23H32N2O/c1-2-3-4-5-9-14-23(15-10-6-11-16-23)22(26)25-20-17-19-12-7-8-13-21(19)24-18-20/h7-8,12-13,17-18H,2-6,9-11,14-16H2,1H3,(H,25,26). The maximum Gasteiger partial charge on any atom is 0.230 e. The van der Waals surface area contributed by atoms with Gasteiger partial charge < -0.3 is 5.32 Å². The highest BCUT2D eigenvalue weighted by molar-refractivity contribution is 5.96. The predicted octanol–water partition coefficient (Wildman–Crippen LogP) is 6.48. The van der Waals surface area contributed by atoms with Crippen molar-refractivity contribution in [2.45, 2.75) is 77.6 Å². The van der Waals surface area contributed by atoms with Gasteiger partial charge in [0.25, 0.3) is 0 Å². The summed E-state index contributed by atoms with van der Waals surface area (Å²) >= 11 is 0. The first kappa shape index (κ1) is 18.9. The summed E-state index contributed by atoms with van der Waals surface area (Å²) in [7, 11) is 0. The number of nitrogens with zero attached hydrogens (tertiary/aromatic N) is 1. The summed E-state index contributed by atoms with van der Waals surface area (Å²) in [5.41, 5.74) is 1.62. The molecule has 3 nitrogen and oxygen atoms in total. The van der Waals surface area contributed by atoms with Gasteiger partial charge in [0, 0.05) is 10.8 Å². The predicted molar refractivity (Wildman–Crippen MR) is 109 cm³/mol. The Morgan fingerprint density at radius 1 is 1.08 bits per heavy atom. The lowest BCUT2D eigenvalue weighted by atomic mass is 9.70. The average molecular weight is 353 g/mol. The highest BCUT2D eigenvalue weighted by Crippen LogP contribution is 2.41. The third-order valence-corrected chi connectivity index (χ3v) is 5.90. The van der Waals surface area contributed by atoms with Gasteiger partial charge in [0.05, 0.1) is 17.4 Å². The molecular weight excluding hydrogens is 320 g/mol. The van der Waals surface area contributed by atoms with Gasteiger partial charge in [-0.25, -0.2) is 0 Å². The summed E-state index contributed by atoms with van der Waals surface area (Å²) in [6.45, 7) is 2.24. The zero-order chi connectivity index (χ0) is 18.2. The molecule has 2 aromatic rings. The molecule has 3 heteroatoms. The number of hydrogen-bond donors (Lipinski definition) is 1. The van der Waals surface area contributed by atoms with Crippen molar-refractivity contribution in [3.8, 4) is 0 Å². The minimum atomic E-state index is -0.171. The van der Waals surface area contributed by atoms with Crippen molar-refractivity contribution >= 4 is 22.5 Å². The van der Waals surface area contributed by atoms with Crippen molar-refractivity contribution < 1.29 is 4.79 Å². The second-order valence-corrected chi connectivity index (χ2v) is 7.88. The molecule has 1 aromatic carbocycles. The second kappa shape index (κ2) is 9.16. The average Bonchev–Trinajstić information content (AvgIpc) is 2.68. The topological polar surface area (TPSA) is 42.0 Å². The van der Waals surface area contributed by atoms with Gasteiger partial charge in [-0.15, -0.1) is 0 Å². The van der Waals surface area contributed by atoms with E-state index < -0.39 is 0 Å². The van der Waals surface area contributed by atoms with Crippen LogP contribution in [0.3, 0.4) is 0 Å². The van der Waals surface area contributed by atoms with Crippen molar-refractivity contribution in [2.24, 2.45) is 5.41 Å². The van der Waals surface area contributed by atoms with Crippen molar-refractivity contribution in [3.05, 3.63) is 36.5 Å². The van der Waals surface area contributed by atoms with E-state index in [0.29, 0.717) is 0 Å². The molecule has 0 bridgehead atoms. The Kier molecular flexibility index (Phi) is 6.65. The molecule has 1 amide bonds. The van der Waals surface area contributed by atoms with Gasteiger partial charge in [0.2, 0.25) is 5.91 Å². The van der Waals surface area contributed by atoms with Gasteiger partial charge >= 0.3 is 0 Å². The summed E-state index contributed by atoms with van der Waals surface area (Å²) in [4.78, 5) is 17.7. The minimum Gasteiger partial charge on any atom is -0.324 e. The van der Waals surface area contributed by atoms with E-state index in [2.05, 4.69) is 17.2 Å². The van der Waals surface area contributed by atoms with Crippen LogP contribution in [0.5, 0.6) is 0 Å². The summed E-state index contributed by atoms with van der Waals surface area (Å²) < 4.78 is 0. The number of anilines is 1. The van der Waals surface area contributed by atoms with Crippen LogP contribution in [0.25, 0.3) is 10.9 Å². The number of benzene rings is 1. The molecule has 1 N–H and O–H groups in total. The van der Waals surface area contributed by atoms with E-state index in [-0.39, 0.29) is 11.3 Å². The van der Waals surface area contributed by atoms with Crippen LogP contribution in [0.15, 0.2) is 36.5 Å². The zero-order valence-corrected chi connectivity index (χ0v) is 16.1. The van der Waals surface area contributed by atoms with Gasteiger partial charge in [-0.3, -0.25) is 9.78 Å². The van der Waals surface area contributed by atoms with E-state index in [1.807, 2.05) is 30.3 Å². The van der Waals surface area contributed by atoms with Crippen LogP contribution >= 0.6 is 0 Å². The van der Waals surface area contributed by atoms with Crippen LogP contribution in [0.2, 0.25) is 0 Å². The largest absolute Gasteiger partial charge is 0.324 e. The summed E-state index contributed by atoms with van der Waals surface area (Å²) in [6.07, 6.45) is 14.8. The Morgan fingerprint density at radius 3 is 2.65 bits per heavy atom. The molecule has 0 radical (unpaired) electrons. The number of carbonyl (C=O) groups excluding carboxylic acids is 1. The lowest BCUT2D eigenvalue weighted by molar-refractivity contribution is -0.128. The maximum atomic E-state index is 13.2. The van der Waals surface area contributed by atoms with E-state index in [4.69, 9.17) is 0 Å². The molecule has 1 aliphatic carbocycles. The molecule has 140 valence electrons. The molecule has 1 aromatic heterocycles. The molecule has 1 heterocycles. The van der Waals surface area contributed by atoms with Crippen LogP contribution in [0, 0.1) is 5.41 Å². The molecule has 3 rings (SSSR count). The summed E-state index contributed by atoms with van der Waals surface area (Å²) in [5, 5.41) is 4.27. The van der Waals surface area contributed by atoms with Gasteiger partial charge in [-0.2, -0.15) is 0 Å². The highest BCUT2D eigenvalue weighted by Gasteiger charge is 2.38. The van der Waals surface area contributed by atoms with Gasteiger partial charge in [0.15, 0.2) is 0 Å². The van der Waals surface area contributed by atoms with E-state index in [9.17, 15) is 4.79 Å². The number of rotatable bonds is 8. The number of fused-ring (bicyclic) bond motifs is 1. The monoisotopic (exact) mass is 352 g/mol. The number of nitrogens with one attached hydrogen (secondary N) is 1. The van der Waals surface area contributed by atoms with Crippen LogP contribution in [0.1, 0.15) is 77.6 Å². The summed E-state index contributed by atoms with van der Waals surface area (Å²) in [6, 6.07) is 10.1. The number of aromatic nitrogens is 1. The number of para-hydroxylation sites is 1. The Balaban J connectivity index is 1.67. The molecule has 26 heavy (non-hydrogen) atoms. The minimum absolute atomic E-state index is 0.171. The van der Waals surface area contributed by atoms with Crippen LogP contribution in [0.4, 0.5) is 5.69 Å². The lowest BCUT2D eigenvalue weighted by Gasteiger charge is -2.36. The summed E-state index contributed by atoms with van der Waals surface area (Å²) in [5.74, 6) is 0.213. The molecule has 0 atom stereocenters. The Morgan fingerprint density at radius 2 is 1.85 bits per heavy atom. The van der Waals surface area contributed by atoms with Gasteiger partial charge in [-0.05, 0) is 31.4 Å². The fourth-order valence-electron chi connectivity index (χ4n) is 4.29. The van der Waals surface area contributed by atoms with Crippen molar-refractivity contribution in [1.82, 2.24) is 4.98 Å². The number of hydrogen-bond acceptors (Lipinski definition) is 2. The molecule has 1 fully saturated rings. The van der Waals surface area contributed by atoms with Gasteiger partial charge in [-0.1, -0.05) is 76.5 Å². The first-order valence-electron chi connectivity index (χ1n) is 10.4. The van der Waals surface area contributed by atoms with E-state index in [0.717, 1.165) is 35.9 Å². The number of pyridine rings is 1. The molecule has 1 saturated carbocycles. The second-order valence-electron chi connectivity index (χ2n) is 7.88. The third-order valence-electron chi connectivity index (χ3n) is 5.90. The van der Waals surface area contributed by atoms with E-state index in [1.54, 1.807) is 6.20 Å². The van der Waals surface area contributed by atoms with Crippen LogP contribution in [-0.4, -0.2) is 10.9 Å². The quantitative estimate of drug-likeness (QED) is 0.552. The Labute approximate surface area is 157 Å². The fourth-order valence-corrected chi connectivity index (χ4v) is 4.29. The van der Waals surface area contributed by atoms with Crippen LogP contribution < -0.4 is 5.32 Å². The highest BCUT2D eigenvalue weighted by atomic mass is 16.2. The van der Waals surface area contributed by atoms with Crippen molar-refractivity contribution in [1.29, 1.82) is 0 Å². The van der Waals surface area contributed by atoms with E-state index in [1.165, 1.54) is 51.4 Å². The number of carbonyl (C=O) groups is 1. The lowest BCUT2D eigenvalue weighted by Crippen LogP contribution is -2.38. The molecule has 0 saturated heterocycles. The van der Waals surface area contributed by atoms with Crippen molar-refractivity contribution in [3.63, 3.8) is 0 Å². The maximum absolute atomic E-state index is 13.2. The number of unbranched alkanes of at least 4 members (excludes halogenated alkanes) is 4. The van der Waals surface area contributed by atoms with Crippen LogP contribution in [-0.2, 0) is 4.79 Å². The molecular formula is C23H32N2O. The Bertz CT molecular complexity index is 719. The smallest absolute Gasteiger partial charge is 0.230 e. The molecule has 0 unspecified atom stereocenters. The zero-order valence-electron chi connectivity index (χ0n) is 16.1. The SMILES string of the molecule is CCCCCCCC1(C(=O)Nc2cnc3ccccc3c2)CCCCC1. The molecule has 1 aliphatic rings. The third kappa shape index (κ3) is 4.63. The number of amides is 1. The molecule has 0 spiro atoms. The normalized spacial score (nSPS) is 16.5. The first-order valence-corrected chi connectivity index (χ1v) is 10.4. The van der Waals surface area contributed by atoms with Gasteiger partial charge in [0.1, 0.15) is 0 Å². The molecule has 0 aliphatic heterocycles. The fraction of sp³-hybridized carbons (Fsp3) is 0.565. The Hall–Kier alpha value is -1.90. The van der Waals surface area contributed by atoms with E-state index >= 15 is 0 Å². The first-order chi connectivity index (χ1) is 12.7. The van der Waals surface area contributed by atoms with Crippen molar-refractivity contribution in [2.75, 3.05) is 5.32 Å².